The van der Waals surface area contributed by atoms with E-state index in [0.29, 0.717) is 6.42 Å². The van der Waals surface area contributed by atoms with Gasteiger partial charge >= 0.3 is 0 Å². The van der Waals surface area contributed by atoms with Gasteiger partial charge in [-0.2, -0.15) is 0 Å². The van der Waals surface area contributed by atoms with E-state index >= 15 is 0 Å². The van der Waals surface area contributed by atoms with Crippen molar-refractivity contribution in [3.05, 3.63) is 19.8 Å². The lowest BCUT2D eigenvalue weighted by atomic mass is 10.2. The molecule has 1 aliphatic heterocycles. The fourth-order valence-corrected chi connectivity index (χ4v) is 3.44. The molecule has 2 N–H and O–H groups in total. The number of rotatable bonds is 4. The summed E-state index contributed by atoms with van der Waals surface area (Å²) in [5.74, 6) is 0.161. The molecule has 88 valence electrons. The summed E-state index contributed by atoms with van der Waals surface area (Å²) >= 11 is 10.9. The van der Waals surface area contributed by atoms with E-state index in [2.05, 4.69) is 26.6 Å². The zero-order valence-corrected chi connectivity index (χ0v) is 11.7. The van der Waals surface area contributed by atoms with Crippen LogP contribution in [0.4, 0.5) is 0 Å². The molecule has 1 aromatic heterocycles. The summed E-state index contributed by atoms with van der Waals surface area (Å²) in [5, 5.41) is 6.24. The minimum Gasteiger partial charge on any atom is -0.352 e. The second-order valence-electron chi connectivity index (χ2n) is 3.77. The Bertz CT molecular complexity index is 377. The lowest BCUT2D eigenvalue weighted by Crippen LogP contribution is -2.35. The van der Waals surface area contributed by atoms with Crippen LogP contribution in [-0.2, 0) is 11.3 Å². The number of carbonyl (C=O) groups is 1. The van der Waals surface area contributed by atoms with Crippen LogP contribution in [0.3, 0.4) is 0 Å². The van der Waals surface area contributed by atoms with Crippen molar-refractivity contribution in [1.82, 2.24) is 10.6 Å². The summed E-state index contributed by atoms with van der Waals surface area (Å²) in [6, 6.07) is 2.30. The first-order valence-electron chi connectivity index (χ1n) is 5.09. The van der Waals surface area contributed by atoms with Crippen molar-refractivity contribution in [2.75, 3.05) is 6.54 Å². The van der Waals surface area contributed by atoms with E-state index in [1.807, 2.05) is 6.07 Å². The quantitative estimate of drug-likeness (QED) is 0.894. The molecule has 2 heterocycles. The van der Waals surface area contributed by atoms with Gasteiger partial charge in [0.2, 0.25) is 5.91 Å². The number of amides is 1. The third-order valence-corrected chi connectivity index (χ3v) is 4.95. The van der Waals surface area contributed by atoms with Gasteiger partial charge in [-0.1, -0.05) is 11.6 Å². The van der Waals surface area contributed by atoms with E-state index in [9.17, 15) is 4.79 Å². The van der Waals surface area contributed by atoms with Gasteiger partial charge in [0.25, 0.3) is 0 Å². The normalized spacial score (nSPS) is 20.1. The lowest BCUT2D eigenvalue weighted by molar-refractivity contribution is -0.119. The van der Waals surface area contributed by atoms with Crippen LogP contribution in [0.15, 0.2) is 10.5 Å². The Morgan fingerprint density at radius 3 is 3.06 bits per heavy atom. The van der Waals surface area contributed by atoms with Gasteiger partial charge in [-0.3, -0.25) is 4.79 Å². The molecule has 0 bridgehead atoms. The number of nitrogens with one attached hydrogen (secondary N) is 2. The van der Waals surface area contributed by atoms with Gasteiger partial charge in [-0.15, -0.1) is 11.3 Å². The molecule has 0 spiro atoms. The van der Waals surface area contributed by atoms with Crippen LogP contribution < -0.4 is 10.6 Å². The van der Waals surface area contributed by atoms with Crippen LogP contribution in [0.5, 0.6) is 0 Å². The van der Waals surface area contributed by atoms with Gasteiger partial charge in [0.1, 0.15) is 4.34 Å². The van der Waals surface area contributed by atoms with Gasteiger partial charge in [0.15, 0.2) is 0 Å². The second kappa shape index (κ2) is 5.49. The number of halogens is 2. The molecule has 0 aromatic carbocycles. The van der Waals surface area contributed by atoms with Gasteiger partial charge in [-0.05, 0) is 28.4 Å². The maximum absolute atomic E-state index is 11.0. The van der Waals surface area contributed by atoms with Crippen molar-refractivity contribution >= 4 is 44.8 Å². The Labute approximate surface area is 112 Å². The molecule has 1 amide bonds. The summed E-state index contributed by atoms with van der Waals surface area (Å²) in [5.41, 5.74) is 0. The Morgan fingerprint density at radius 2 is 2.50 bits per heavy atom. The number of carbonyl (C=O) groups excluding carboxylic acids is 1. The predicted octanol–water partition coefficient (Wildman–Crippen LogP) is 2.53. The molecule has 0 aliphatic carbocycles. The maximum Gasteiger partial charge on any atom is 0.220 e. The highest BCUT2D eigenvalue weighted by atomic mass is 79.9. The molecule has 3 nitrogen and oxygen atoms in total. The highest BCUT2D eigenvalue weighted by molar-refractivity contribution is 9.10. The molecule has 1 saturated heterocycles. The second-order valence-corrected chi connectivity index (χ2v) is 6.36. The predicted molar refractivity (Wildman–Crippen MR) is 69.9 cm³/mol. The molecule has 1 aromatic rings. The molecule has 1 atom stereocenters. The van der Waals surface area contributed by atoms with Crippen molar-refractivity contribution < 1.29 is 4.79 Å². The van der Waals surface area contributed by atoms with E-state index < -0.39 is 0 Å². The van der Waals surface area contributed by atoms with Crippen LogP contribution >= 0.6 is 38.9 Å². The summed E-state index contributed by atoms with van der Waals surface area (Å²) < 4.78 is 1.73. The lowest BCUT2D eigenvalue weighted by Gasteiger charge is -2.10. The van der Waals surface area contributed by atoms with Crippen LogP contribution in [-0.4, -0.2) is 18.5 Å². The summed E-state index contributed by atoms with van der Waals surface area (Å²) in [6.45, 7) is 1.61. The van der Waals surface area contributed by atoms with Crippen molar-refractivity contribution in [2.45, 2.75) is 25.4 Å². The zero-order chi connectivity index (χ0) is 11.5. The van der Waals surface area contributed by atoms with Crippen LogP contribution in [0, 0.1) is 0 Å². The average Bonchev–Trinajstić information content (AvgIpc) is 2.75. The van der Waals surface area contributed by atoms with E-state index in [4.69, 9.17) is 11.6 Å². The zero-order valence-electron chi connectivity index (χ0n) is 8.56. The van der Waals surface area contributed by atoms with Crippen molar-refractivity contribution in [3.8, 4) is 0 Å². The molecule has 2 rings (SSSR count). The fraction of sp³-hybridized carbons (Fsp3) is 0.500. The third-order valence-electron chi connectivity index (χ3n) is 2.47. The first kappa shape index (κ1) is 12.4. The topological polar surface area (TPSA) is 41.1 Å². The van der Waals surface area contributed by atoms with Gasteiger partial charge in [0, 0.05) is 34.9 Å². The average molecular weight is 324 g/mol. The largest absolute Gasteiger partial charge is 0.352 e. The molecular formula is C10H12BrClN2OS. The SMILES string of the molecule is O=C1CCC(CNCc2cc(Br)c(Cl)s2)N1. The Balaban J connectivity index is 1.73. The van der Waals surface area contributed by atoms with Crippen LogP contribution in [0.25, 0.3) is 0 Å². The number of thiophene rings is 1. The highest BCUT2D eigenvalue weighted by Crippen LogP contribution is 2.31. The molecule has 1 aliphatic rings. The number of hydrogen-bond donors (Lipinski definition) is 2. The molecule has 0 radical (unpaired) electrons. The van der Waals surface area contributed by atoms with Crippen molar-refractivity contribution in [2.24, 2.45) is 0 Å². The maximum atomic E-state index is 11.0. The van der Waals surface area contributed by atoms with Crippen LogP contribution in [0.1, 0.15) is 17.7 Å². The molecular weight excluding hydrogens is 312 g/mol. The minimum atomic E-state index is 0.161. The van der Waals surface area contributed by atoms with E-state index in [1.54, 1.807) is 11.3 Å². The first-order chi connectivity index (χ1) is 7.65. The van der Waals surface area contributed by atoms with E-state index in [1.165, 1.54) is 4.88 Å². The monoisotopic (exact) mass is 322 g/mol. The minimum absolute atomic E-state index is 0.161. The fourth-order valence-electron chi connectivity index (χ4n) is 1.68. The Morgan fingerprint density at radius 1 is 1.69 bits per heavy atom. The molecule has 0 saturated carbocycles. The van der Waals surface area contributed by atoms with Crippen molar-refractivity contribution in [3.63, 3.8) is 0 Å². The van der Waals surface area contributed by atoms with E-state index in [-0.39, 0.29) is 11.9 Å². The Hall–Kier alpha value is -0.100. The van der Waals surface area contributed by atoms with Gasteiger partial charge in [0.05, 0.1) is 0 Å². The molecule has 1 fully saturated rings. The highest BCUT2D eigenvalue weighted by Gasteiger charge is 2.19. The number of hydrogen-bond acceptors (Lipinski definition) is 3. The van der Waals surface area contributed by atoms with Crippen LogP contribution in [0.2, 0.25) is 4.34 Å². The summed E-state index contributed by atoms with van der Waals surface area (Å²) in [7, 11) is 0. The standard InChI is InChI=1S/C10H12BrClN2OS/c11-8-3-7(16-10(8)12)5-13-4-6-1-2-9(15)14-6/h3,6,13H,1-2,4-5H2,(H,14,15). The smallest absolute Gasteiger partial charge is 0.220 e. The summed E-state index contributed by atoms with van der Waals surface area (Å²) in [6.07, 6.45) is 1.59. The third kappa shape index (κ3) is 3.20. The molecule has 1 unspecified atom stereocenters. The molecule has 6 heteroatoms. The van der Waals surface area contributed by atoms with Gasteiger partial charge in [-0.25, -0.2) is 0 Å². The summed E-state index contributed by atoms with van der Waals surface area (Å²) in [4.78, 5) is 12.2. The first-order valence-corrected chi connectivity index (χ1v) is 7.07. The molecule has 16 heavy (non-hydrogen) atoms. The van der Waals surface area contributed by atoms with Gasteiger partial charge < -0.3 is 10.6 Å². The van der Waals surface area contributed by atoms with Crippen molar-refractivity contribution in [1.29, 1.82) is 0 Å². The van der Waals surface area contributed by atoms with E-state index in [0.717, 1.165) is 28.3 Å². The Kier molecular flexibility index (Phi) is 4.24.